The van der Waals surface area contributed by atoms with Gasteiger partial charge in [0, 0.05) is 36.8 Å². The first kappa shape index (κ1) is 13.6. The molecule has 0 fully saturated rings. The molecule has 0 aliphatic rings. The molecule has 0 aliphatic carbocycles. The second kappa shape index (κ2) is 7.76. The molecule has 3 nitrogen and oxygen atoms in total. The number of hydrogen-bond donors (Lipinski definition) is 1. The highest BCUT2D eigenvalue weighted by Crippen LogP contribution is 2.20. The fourth-order valence-electron chi connectivity index (χ4n) is 1.33. The first-order chi connectivity index (χ1) is 7.74. The Morgan fingerprint density at radius 3 is 2.94 bits per heavy atom. The van der Waals surface area contributed by atoms with Gasteiger partial charge < -0.3 is 10.1 Å². The highest BCUT2D eigenvalue weighted by molar-refractivity contribution is 7.11. The van der Waals surface area contributed by atoms with E-state index in [1.54, 1.807) is 11.3 Å². The van der Waals surface area contributed by atoms with Crippen LogP contribution in [0, 0.1) is 0 Å². The number of hydrogen-bond acceptors (Lipinski definition) is 4. The summed E-state index contributed by atoms with van der Waals surface area (Å²) in [7, 11) is 0. The standard InChI is InChI=1S/C12H22N2OS/c1-4-15-7-5-6-13-8-11-9-14-12(16-11)10(2)3/h9-10,13H,4-8H2,1-3H3. The van der Waals surface area contributed by atoms with Crippen molar-refractivity contribution in [1.29, 1.82) is 0 Å². The van der Waals surface area contributed by atoms with Gasteiger partial charge in [0.05, 0.1) is 5.01 Å². The van der Waals surface area contributed by atoms with Crippen molar-refractivity contribution in [1.82, 2.24) is 10.3 Å². The lowest BCUT2D eigenvalue weighted by atomic mass is 10.2. The van der Waals surface area contributed by atoms with Gasteiger partial charge in [-0.3, -0.25) is 0 Å². The maximum atomic E-state index is 5.27. The lowest BCUT2D eigenvalue weighted by Crippen LogP contribution is -2.15. The van der Waals surface area contributed by atoms with Crippen molar-refractivity contribution in [3.8, 4) is 0 Å². The molecule has 1 rings (SSSR count). The first-order valence-electron chi connectivity index (χ1n) is 5.97. The van der Waals surface area contributed by atoms with Crippen LogP contribution in [0.25, 0.3) is 0 Å². The molecule has 0 radical (unpaired) electrons. The van der Waals surface area contributed by atoms with E-state index in [1.165, 1.54) is 9.88 Å². The molecule has 0 unspecified atom stereocenters. The van der Waals surface area contributed by atoms with E-state index in [2.05, 4.69) is 24.1 Å². The smallest absolute Gasteiger partial charge is 0.0953 e. The highest BCUT2D eigenvalue weighted by Gasteiger charge is 2.04. The molecule has 1 aromatic heterocycles. The first-order valence-corrected chi connectivity index (χ1v) is 6.78. The average Bonchev–Trinajstić information content (AvgIpc) is 2.72. The lowest BCUT2D eigenvalue weighted by molar-refractivity contribution is 0.144. The van der Waals surface area contributed by atoms with Crippen LogP contribution in [0.3, 0.4) is 0 Å². The molecule has 4 heteroatoms. The quantitative estimate of drug-likeness (QED) is 0.712. The van der Waals surface area contributed by atoms with Crippen molar-refractivity contribution in [2.45, 2.75) is 39.7 Å². The Morgan fingerprint density at radius 1 is 1.50 bits per heavy atom. The van der Waals surface area contributed by atoms with Crippen molar-refractivity contribution in [2.75, 3.05) is 19.8 Å². The summed E-state index contributed by atoms with van der Waals surface area (Å²) < 4.78 is 5.27. The summed E-state index contributed by atoms with van der Waals surface area (Å²) in [6, 6.07) is 0. The van der Waals surface area contributed by atoms with Crippen molar-refractivity contribution in [2.24, 2.45) is 0 Å². The molecule has 92 valence electrons. The topological polar surface area (TPSA) is 34.1 Å². The Labute approximate surface area is 102 Å². The number of rotatable bonds is 8. The van der Waals surface area contributed by atoms with Crippen LogP contribution in [0.2, 0.25) is 0 Å². The Morgan fingerprint density at radius 2 is 2.31 bits per heavy atom. The predicted molar refractivity (Wildman–Crippen MR) is 69.0 cm³/mol. The molecule has 16 heavy (non-hydrogen) atoms. The number of aromatic nitrogens is 1. The third kappa shape index (κ3) is 5.05. The van der Waals surface area contributed by atoms with E-state index in [9.17, 15) is 0 Å². The summed E-state index contributed by atoms with van der Waals surface area (Å²) in [4.78, 5) is 5.72. The Bertz CT molecular complexity index is 286. The third-order valence-corrected chi connectivity index (χ3v) is 3.51. The van der Waals surface area contributed by atoms with Gasteiger partial charge in [-0.2, -0.15) is 0 Å². The maximum absolute atomic E-state index is 5.27. The summed E-state index contributed by atoms with van der Waals surface area (Å²) in [6.07, 6.45) is 3.05. The second-order valence-electron chi connectivity index (χ2n) is 4.05. The minimum Gasteiger partial charge on any atom is -0.382 e. The molecule has 0 aromatic carbocycles. The van der Waals surface area contributed by atoms with E-state index in [4.69, 9.17) is 4.74 Å². The number of nitrogens with one attached hydrogen (secondary N) is 1. The minimum absolute atomic E-state index is 0.539. The molecule has 1 aromatic rings. The zero-order valence-corrected chi connectivity index (χ0v) is 11.3. The molecule has 1 heterocycles. The third-order valence-electron chi connectivity index (χ3n) is 2.21. The van der Waals surface area contributed by atoms with Crippen molar-refractivity contribution >= 4 is 11.3 Å². The van der Waals surface area contributed by atoms with Crippen LogP contribution in [0.15, 0.2) is 6.20 Å². The fraction of sp³-hybridized carbons (Fsp3) is 0.750. The van der Waals surface area contributed by atoms with Gasteiger partial charge in [0.2, 0.25) is 0 Å². The summed E-state index contributed by atoms with van der Waals surface area (Å²) in [5, 5.41) is 4.63. The van der Waals surface area contributed by atoms with Crippen molar-refractivity contribution in [3.05, 3.63) is 16.1 Å². The number of nitrogens with zero attached hydrogens (tertiary/aromatic N) is 1. The Kier molecular flexibility index (Phi) is 6.61. The molecule has 0 spiro atoms. The van der Waals surface area contributed by atoms with Crippen LogP contribution in [-0.4, -0.2) is 24.7 Å². The van der Waals surface area contributed by atoms with Gasteiger partial charge in [-0.05, 0) is 19.9 Å². The van der Waals surface area contributed by atoms with Crippen LogP contribution >= 0.6 is 11.3 Å². The average molecular weight is 242 g/mol. The molecule has 0 aliphatic heterocycles. The predicted octanol–water partition coefficient (Wildman–Crippen LogP) is 2.78. The second-order valence-corrected chi connectivity index (χ2v) is 5.19. The minimum atomic E-state index is 0.539. The Hall–Kier alpha value is -0.450. The van der Waals surface area contributed by atoms with E-state index >= 15 is 0 Å². The summed E-state index contributed by atoms with van der Waals surface area (Å²) in [5.74, 6) is 0.539. The maximum Gasteiger partial charge on any atom is 0.0953 e. The summed E-state index contributed by atoms with van der Waals surface area (Å²) in [5.41, 5.74) is 0. The number of thiazole rings is 1. The van der Waals surface area contributed by atoms with E-state index in [1.807, 2.05) is 13.1 Å². The van der Waals surface area contributed by atoms with Gasteiger partial charge in [0.25, 0.3) is 0 Å². The van der Waals surface area contributed by atoms with E-state index in [0.29, 0.717) is 5.92 Å². The molecule has 0 amide bonds. The van der Waals surface area contributed by atoms with Gasteiger partial charge in [0.15, 0.2) is 0 Å². The molecular formula is C12H22N2OS. The monoisotopic (exact) mass is 242 g/mol. The molecule has 0 saturated carbocycles. The van der Waals surface area contributed by atoms with E-state index in [0.717, 1.165) is 32.7 Å². The lowest BCUT2D eigenvalue weighted by Gasteiger charge is -2.02. The molecular weight excluding hydrogens is 220 g/mol. The van der Waals surface area contributed by atoms with Gasteiger partial charge in [-0.25, -0.2) is 4.98 Å². The van der Waals surface area contributed by atoms with Gasteiger partial charge >= 0.3 is 0 Å². The molecule has 0 saturated heterocycles. The summed E-state index contributed by atoms with van der Waals surface area (Å²) >= 11 is 1.80. The van der Waals surface area contributed by atoms with E-state index < -0.39 is 0 Å². The highest BCUT2D eigenvalue weighted by atomic mass is 32.1. The van der Waals surface area contributed by atoms with Gasteiger partial charge in [-0.15, -0.1) is 11.3 Å². The number of ether oxygens (including phenoxy) is 1. The molecule has 0 atom stereocenters. The normalized spacial score (nSPS) is 11.2. The fourth-order valence-corrected chi connectivity index (χ4v) is 2.22. The van der Waals surface area contributed by atoms with Crippen LogP contribution in [0.1, 0.15) is 43.0 Å². The Balaban J connectivity index is 2.12. The van der Waals surface area contributed by atoms with Gasteiger partial charge in [0.1, 0.15) is 0 Å². The van der Waals surface area contributed by atoms with Crippen molar-refractivity contribution < 1.29 is 4.74 Å². The van der Waals surface area contributed by atoms with Crippen LogP contribution in [0.4, 0.5) is 0 Å². The van der Waals surface area contributed by atoms with Crippen molar-refractivity contribution in [3.63, 3.8) is 0 Å². The molecule has 1 N–H and O–H groups in total. The largest absolute Gasteiger partial charge is 0.382 e. The van der Waals surface area contributed by atoms with E-state index in [-0.39, 0.29) is 0 Å². The van der Waals surface area contributed by atoms with Crippen LogP contribution < -0.4 is 5.32 Å². The molecule has 0 bridgehead atoms. The summed E-state index contributed by atoms with van der Waals surface area (Å²) in [6.45, 7) is 9.98. The zero-order chi connectivity index (χ0) is 11.8. The zero-order valence-electron chi connectivity index (χ0n) is 10.5. The van der Waals surface area contributed by atoms with Crippen LogP contribution in [-0.2, 0) is 11.3 Å². The SMILES string of the molecule is CCOCCCNCc1cnc(C(C)C)s1. The van der Waals surface area contributed by atoms with Crippen LogP contribution in [0.5, 0.6) is 0 Å². The van der Waals surface area contributed by atoms with Gasteiger partial charge in [-0.1, -0.05) is 13.8 Å².